The maximum absolute atomic E-state index is 12.4. The molecule has 0 heterocycles. The Hall–Kier alpha value is -2.80. The van der Waals surface area contributed by atoms with Crippen LogP contribution < -0.4 is 24.8 Å². The summed E-state index contributed by atoms with van der Waals surface area (Å²) in [6, 6.07) is 1.72. The smallest absolute Gasteiger partial charge is 0.319 e. The third-order valence-electron chi connectivity index (χ3n) is 3.56. The fraction of sp³-hybridized carbons (Fsp3) is 0.471. The Bertz CT molecular complexity index is 682. The molecule has 0 radical (unpaired) electrons. The summed E-state index contributed by atoms with van der Waals surface area (Å²) in [5, 5.41) is 14.3. The zero-order chi connectivity index (χ0) is 20.4. The summed E-state index contributed by atoms with van der Waals surface area (Å²) in [6.07, 6.45) is 3.62. The van der Waals surface area contributed by atoms with Crippen molar-refractivity contribution >= 4 is 29.4 Å². The van der Waals surface area contributed by atoms with Crippen LogP contribution in [0.25, 0.3) is 0 Å². The predicted octanol–water partition coefficient (Wildman–Crippen LogP) is 1.90. The van der Waals surface area contributed by atoms with Crippen molar-refractivity contribution in [2.75, 3.05) is 45.2 Å². The Morgan fingerprint density at radius 2 is 1.81 bits per heavy atom. The lowest BCUT2D eigenvalue weighted by Crippen LogP contribution is -2.49. The molecule has 3 amide bonds. The van der Waals surface area contributed by atoms with E-state index in [-0.39, 0.29) is 6.54 Å². The molecule has 1 aromatic carbocycles. The van der Waals surface area contributed by atoms with Gasteiger partial charge in [-0.15, -0.1) is 0 Å². The van der Waals surface area contributed by atoms with Gasteiger partial charge in [-0.3, -0.25) is 4.79 Å². The first kappa shape index (κ1) is 22.2. The van der Waals surface area contributed by atoms with Gasteiger partial charge in [-0.1, -0.05) is 0 Å². The molecule has 0 spiro atoms. The first-order chi connectivity index (χ1) is 12.9. The number of amides is 3. The Labute approximate surface area is 162 Å². The molecule has 1 aromatic rings. The minimum atomic E-state index is -0.832. The molecule has 1 rings (SSSR count). The van der Waals surface area contributed by atoms with Gasteiger partial charge in [0, 0.05) is 24.4 Å². The number of thioether (sulfide) groups is 1. The highest BCUT2D eigenvalue weighted by atomic mass is 32.2. The fourth-order valence-electron chi connectivity index (χ4n) is 2.28. The van der Waals surface area contributed by atoms with Crippen molar-refractivity contribution in [2.24, 2.45) is 0 Å². The van der Waals surface area contributed by atoms with Crippen LogP contribution in [0, 0.1) is 11.5 Å². The minimum absolute atomic E-state index is 0.233. The number of methoxy groups -OCH3 is 3. The van der Waals surface area contributed by atoms with Gasteiger partial charge >= 0.3 is 6.03 Å². The predicted molar refractivity (Wildman–Crippen MR) is 103 cm³/mol. The summed E-state index contributed by atoms with van der Waals surface area (Å²) < 4.78 is 15.7. The quantitative estimate of drug-likeness (QED) is 0.484. The van der Waals surface area contributed by atoms with Gasteiger partial charge < -0.3 is 24.8 Å². The van der Waals surface area contributed by atoms with Gasteiger partial charge in [0.15, 0.2) is 17.7 Å². The lowest BCUT2D eigenvalue weighted by atomic mass is 10.2. The monoisotopic (exact) mass is 396 g/mol. The first-order valence-corrected chi connectivity index (χ1v) is 9.42. The van der Waals surface area contributed by atoms with Gasteiger partial charge in [-0.2, -0.15) is 17.0 Å². The highest BCUT2D eigenvalue weighted by Gasteiger charge is 2.25. The lowest BCUT2D eigenvalue weighted by Gasteiger charge is -2.21. The number of carbonyl (C=O) groups is 2. The van der Waals surface area contributed by atoms with Crippen LogP contribution in [0.1, 0.15) is 6.92 Å². The molecule has 0 aliphatic rings. The van der Waals surface area contributed by atoms with E-state index < -0.39 is 18.0 Å². The van der Waals surface area contributed by atoms with E-state index in [1.165, 1.54) is 33.1 Å². The Morgan fingerprint density at radius 3 is 2.22 bits per heavy atom. The largest absolute Gasteiger partial charge is 0.493 e. The fourth-order valence-corrected chi connectivity index (χ4v) is 2.84. The van der Waals surface area contributed by atoms with Crippen LogP contribution in [0.2, 0.25) is 0 Å². The molecule has 1 atom stereocenters. The van der Waals surface area contributed by atoms with Crippen molar-refractivity contribution in [3.8, 4) is 23.4 Å². The summed E-state index contributed by atoms with van der Waals surface area (Å²) in [7, 11) is 4.42. The molecule has 0 aliphatic carbocycles. The molecule has 148 valence electrons. The van der Waals surface area contributed by atoms with Gasteiger partial charge in [0.2, 0.25) is 5.75 Å². The molecule has 27 heavy (non-hydrogen) atoms. The zero-order valence-corrected chi connectivity index (χ0v) is 16.8. The van der Waals surface area contributed by atoms with E-state index in [1.807, 2.05) is 12.4 Å². The van der Waals surface area contributed by atoms with E-state index in [0.717, 1.165) is 4.90 Å². The van der Waals surface area contributed by atoms with Crippen LogP contribution in [-0.4, -0.2) is 62.8 Å². The van der Waals surface area contributed by atoms with E-state index >= 15 is 0 Å². The van der Waals surface area contributed by atoms with Crippen LogP contribution in [-0.2, 0) is 4.79 Å². The van der Waals surface area contributed by atoms with Crippen molar-refractivity contribution in [1.82, 2.24) is 10.2 Å². The van der Waals surface area contributed by atoms with Gasteiger partial charge in [-0.25, -0.2) is 9.69 Å². The molecule has 0 bridgehead atoms. The summed E-state index contributed by atoms with van der Waals surface area (Å²) >= 11 is 1.39. The minimum Gasteiger partial charge on any atom is -0.493 e. The molecular formula is C17H24N4O5S. The van der Waals surface area contributed by atoms with Crippen LogP contribution in [0.5, 0.6) is 17.2 Å². The first-order valence-electron chi connectivity index (χ1n) is 8.03. The molecule has 0 fully saturated rings. The number of nitrogens with zero attached hydrogens (tertiary/aromatic N) is 2. The summed E-state index contributed by atoms with van der Waals surface area (Å²) in [5.41, 5.74) is 0.394. The Kier molecular flexibility index (Phi) is 9.08. The van der Waals surface area contributed by atoms with Crippen LogP contribution in [0.4, 0.5) is 10.5 Å². The third kappa shape index (κ3) is 5.86. The van der Waals surface area contributed by atoms with Crippen molar-refractivity contribution in [3.63, 3.8) is 0 Å². The number of carbonyl (C=O) groups excluding carboxylic acids is 2. The number of nitrogens with one attached hydrogen (secondary N) is 2. The molecule has 9 nitrogen and oxygen atoms in total. The second kappa shape index (κ2) is 11.0. The van der Waals surface area contributed by atoms with Gasteiger partial charge in [0.1, 0.15) is 6.04 Å². The van der Waals surface area contributed by atoms with Crippen molar-refractivity contribution in [1.29, 1.82) is 5.26 Å². The second-order valence-corrected chi connectivity index (χ2v) is 6.11. The number of rotatable bonds is 9. The molecule has 1 unspecified atom stereocenters. The molecular weight excluding hydrogens is 372 g/mol. The van der Waals surface area contributed by atoms with Crippen molar-refractivity contribution in [3.05, 3.63) is 12.1 Å². The number of benzene rings is 1. The molecule has 0 saturated carbocycles. The zero-order valence-electron chi connectivity index (χ0n) is 16.0. The molecule has 0 aromatic heterocycles. The van der Waals surface area contributed by atoms with Gasteiger partial charge in [-0.05, 0) is 13.2 Å². The maximum atomic E-state index is 12.4. The van der Waals surface area contributed by atoms with Gasteiger partial charge in [0.25, 0.3) is 5.91 Å². The normalized spacial score (nSPS) is 11.0. The van der Waals surface area contributed by atoms with Crippen LogP contribution in [0.15, 0.2) is 12.1 Å². The van der Waals surface area contributed by atoms with E-state index in [1.54, 1.807) is 19.1 Å². The second-order valence-electron chi connectivity index (χ2n) is 5.20. The van der Waals surface area contributed by atoms with E-state index in [2.05, 4.69) is 10.6 Å². The average Bonchev–Trinajstić information content (AvgIpc) is 2.67. The molecule has 2 N–H and O–H groups in total. The summed E-state index contributed by atoms with van der Waals surface area (Å²) in [5.74, 6) is 1.03. The van der Waals surface area contributed by atoms with E-state index in [0.29, 0.717) is 28.7 Å². The number of nitriles is 1. The Balaban J connectivity index is 2.96. The standard InChI is InChI=1S/C17H24N4O5S/c1-6-21(10-18)16(22)12(9-27-5)20-17(23)19-11-7-13(24-2)15(26-4)14(8-11)25-3/h7-8,12H,6,9H2,1-5H3,(H2,19,20,23). The highest BCUT2D eigenvalue weighted by molar-refractivity contribution is 7.98. The lowest BCUT2D eigenvalue weighted by molar-refractivity contribution is -0.129. The number of hydrogen-bond donors (Lipinski definition) is 2. The van der Waals surface area contributed by atoms with Crippen LogP contribution >= 0.6 is 11.8 Å². The van der Waals surface area contributed by atoms with Crippen molar-refractivity contribution in [2.45, 2.75) is 13.0 Å². The summed E-state index contributed by atoms with van der Waals surface area (Å²) in [4.78, 5) is 25.7. The summed E-state index contributed by atoms with van der Waals surface area (Å²) in [6.45, 7) is 1.92. The number of anilines is 1. The third-order valence-corrected chi connectivity index (χ3v) is 4.23. The molecule has 10 heteroatoms. The topological polar surface area (TPSA) is 113 Å². The van der Waals surface area contributed by atoms with Crippen molar-refractivity contribution < 1.29 is 23.8 Å². The Morgan fingerprint density at radius 1 is 1.22 bits per heavy atom. The molecule has 0 saturated heterocycles. The highest BCUT2D eigenvalue weighted by Crippen LogP contribution is 2.39. The molecule has 0 aliphatic heterocycles. The van der Waals surface area contributed by atoms with Crippen LogP contribution in [0.3, 0.4) is 0 Å². The number of hydrogen-bond acceptors (Lipinski definition) is 7. The number of likely N-dealkylation sites (N-methyl/N-ethyl adjacent to an activating group) is 1. The van der Waals surface area contributed by atoms with E-state index in [9.17, 15) is 9.59 Å². The maximum Gasteiger partial charge on any atom is 0.319 e. The number of urea groups is 1. The average molecular weight is 396 g/mol. The SMILES string of the molecule is CCN(C#N)C(=O)C(CSC)NC(=O)Nc1cc(OC)c(OC)c(OC)c1. The number of ether oxygens (including phenoxy) is 3. The van der Waals surface area contributed by atoms with Gasteiger partial charge in [0.05, 0.1) is 27.0 Å². The van der Waals surface area contributed by atoms with E-state index in [4.69, 9.17) is 19.5 Å².